The van der Waals surface area contributed by atoms with Crippen molar-refractivity contribution in [2.45, 2.75) is 24.2 Å². The lowest BCUT2D eigenvalue weighted by molar-refractivity contribution is -0.122. The third-order valence-corrected chi connectivity index (χ3v) is 7.18. The Morgan fingerprint density at radius 2 is 1.84 bits per heavy atom. The number of amidine groups is 1. The van der Waals surface area contributed by atoms with Crippen molar-refractivity contribution < 1.29 is 17.9 Å². The number of carbonyl (C=O) groups excluding carboxylic acids is 1. The minimum absolute atomic E-state index is 0.0265. The van der Waals surface area contributed by atoms with Gasteiger partial charge in [0.05, 0.1) is 11.4 Å². The molecule has 0 unspecified atom stereocenters. The number of nitrogen functional groups attached to an aromatic ring is 1. The van der Waals surface area contributed by atoms with E-state index in [1.165, 1.54) is 4.31 Å². The summed E-state index contributed by atoms with van der Waals surface area (Å²) in [5.74, 6) is 0.663. The van der Waals surface area contributed by atoms with Gasteiger partial charge in [0.2, 0.25) is 15.9 Å². The van der Waals surface area contributed by atoms with Crippen molar-refractivity contribution in [3.8, 4) is 5.75 Å². The molecule has 0 atom stereocenters. The van der Waals surface area contributed by atoms with Crippen molar-refractivity contribution >= 4 is 21.8 Å². The summed E-state index contributed by atoms with van der Waals surface area (Å²) in [6.45, 7) is 1.51. The maximum atomic E-state index is 12.7. The second-order valence-electron chi connectivity index (χ2n) is 7.50. The fourth-order valence-corrected chi connectivity index (χ4v) is 5.03. The lowest BCUT2D eigenvalue weighted by Crippen LogP contribution is -2.39. The fourth-order valence-electron chi connectivity index (χ4n) is 3.54. The molecule has 0 saturated carbocycles. The lowest BCUT2D eigenvalue weighted by Gasteiger charge is -2.31. The highest BCUT2D eigenvalue weighted by Crippen LogP contribution is 2.25. The number of nitrogens with two attached hydrogens (primary N) is 1. The molecule has 0 aliphatic carbocycles. The van der Waals surface area contributed by atoms with Gasteiger partial charge in [0.25, 0.3) is 0 Å². The number of hydrogen-bond donors (Lipinski definition) is 3. The minimum Gasteiger partial charge on any atom is -0.492 e. The zero-order valence-electron chi connectivity index (χ0n) is 17.3. The van der Waals surface area contributed by atoms with E-state index < -0.39 is 10.0 Å². The standard InChI is InChI=1S/C22H28N4O4S/c23-22(24)18-5-4-6-19(16-18)30-14-11-25-21(27)15-17-9-12-26(13-10-17)31(28,29)20-7-2-1-3-8-20/h1-8,16-17H,9-15H2,(H3,23,24)(H,25,27). The van der Waals surface area contributed by atoms with Gasteiger partial charge in [0.15, 0.2) is 0 Å². The zero-order chi connectivity index (χ0) is 22.3. The average molecular weight is 445 g/mol. The van der Waals surface area contributed by atoms with Gasteiger partial charge in [-0.3, -0.25) is 10.2 Å². The Balaban J connectivity index is 1.37. The normalized spacial score (nSPS) is 15.4. The number of sulfonamides is 1. The van der Waals surface area contributed by atoms with Gasteiger partial charge >= 0.3 is 0 Å². The van der Waals surface area contributed by atoms with Crippen LogP contribution in [0.2, 0.25) is 0 Å². The smallest absolute Gasteiger partial charge is 0.243 e. The van der Waals surface area contributed by atoms with Gasteiger partial charge in [-0.15, -0.1) is 0 Å². The first-order valence-electron chi connectivity index (χ1n) is 10.3. The second-order valence-corrected chi connectivity index (χ2v) is 9.44. The van der Waals surface area contributed by atoms with Crippen molar-refractivity contribution in [1.29, 1.82) is 5.41 Å². The number of piperidine rings is 1. The molecule has 1 heterocycles. The third-order valence-electron chi connectivity index (χ3n) is 5.27. The first kappa shape index (κ1) is 22.8. The maximum absolute atomic E-state index is 12.7. The average Bonchev–Trinajstić information content (AvgIpc) is 2.78. The predicted octanol–water partition coefficient (Wildman–Crippen LogP) is 1.96. The summed E-state index contributed by atoms with van der Waals surface area (Å²) >= 11 is 0. The highest BCUT2D eigenvalue weighted by Gasteiger charge is 2.29. The Morgan fingerprint density at radius 1 is 1.13 bits per heavy atom. The monoisotopic (exact) mass is 444 g/mol. The molecule has 1 saturated heterocycles. The van der Waals surface area contributed by atoms with Gasteiger partial charge in [-0.2, -0.15) is 4.31 Å². The molecule has 9 heteroatoms. The molecule has 1 aliphatic rings. The van der Waals surface area contributed by atoms with Crippen LogP contribution in [0, 0.1) is 11.3 Å². The molecule has 4 N–H and O–H groups in total. The topological polar surface area (TPSA) is 126 Å². The summed E-state index contributed by atoms with van der Waals surface area (Å²) < 4.78 is 32.4. The van der Waals surface area contributed by atoms with Crippen LogP contribution in [0.1, 0.15) is 24.8 Å². The Hall–Kier alpha value is -2.91. The Morgan fingerprint density at radius 3 is 2.52 bits per heavy atom. The van der Waals surface area contributed by atoms with E-state index in [-0.39, 0.29) is 17.7 Å². The van der Waals surface area contributed by atoms with Gasteiger partial charge < -0.3 is 15.8 Å². The van der Waals surface area contributed by atoms with Crippen molar-refractivity contribution in [1.82, 2.24) is 9.62 Å². The van der Waals surface area contributed by atoms with Gasteiger partial charge in [0, 0.05) is 25.1 Å². The van der Waals surface area contributed by atoms with E-state index in [0.29, 0.717) is 61.7 Å². The Bertz CT molecular complexity index is 1000. The molecule has 0 radical (unpaired) electrons. The van der Waals surface area contributed by atoms with Crippen LogP contribution in [0.4, 0.5) is 0 Å². The number of amides is 1. The molecule has 0 aromatic heterocycles. The molecule has 31 heavy (non-hydrogen) atoms. The molecule has 166 valence electrons. The van der Waals surface area contributed by atoms with Crippen LogP contribution >= 0.6 is 0 Å². The van der Waals surface area contributed by atoms with Crippen molar-refractivity contribution in [3.63, 3.8) is 0 Å². The number of rotatable bonds is 9. The molecule has 1 aliphatic heterocycles. The van der Waals surface area contributed by atoms with E-state index in [1.807, 2.05) is 0 Å². The first-order chi connectivity index (χ1) is 14.9. The summed E-state index contributed by atoms with van der Waals surface area (Å²) in [5.41, 5.74) is 6.05. The van der Waals surface area contributed by atoms with Gasteiger partial charge in [-0.25, -0.2) is 8.42 Å². The number of carbonyl (C=O) groups is 1. The largest absolute Gasteiger partial charge is 0.492 e. The van der Waals surface area contributed by atoms with E-state index in [1.54, 1.807) is 54.6 Å². The fraction of sp³-hybridized carbons (Fsp3) is 0.364. The molecular weight excluding hydrogens is 416 g/mol. The van der Waals surface area contributed by atoms with Crippen LogP contribution in [0.5, 0.6) is 5.75 Å². The highest BCUT2D eigenvalue weighted by molar-refractivity contribution is 7.89. The summed E-state index contributed by atoms with van der Waals surface area (Å²) in [6.07, 6.45) is 1.70. The molecular formula is C22H28N4O4S. The molecule has 2 aromatic carbocycles. The van der Waals surface area contributed by atoms with Crippen LogP contribution in [0.15, 0.2) is 59.5 Å². The summed E-state index contributed by atoms with van der Waals surface area (Å²) in [6, 6.07) is 15.4. The quantitative estimate of drug-likeness (QED) is 0.310. The van der Waals surface area contributed by atoms with E-state index in [9.17, 15) is 13.2 Å². The van der Waals surface area contributed by atoms with Gasteiger partial charge in [0.1, 0.15) is 18.2 Å². The Kier molecular flexibility index (Phi) is 7.64. The maximum Gasteiger partial charge on any atom is 0.243 e. The molecule has 0 spiro atoms. The number of benzene rings is 2. The summed E-state index contributed by atoms with van der Waals surface area (Å²) in [5, 5.41) is 10.3. The van der Waals surface area contributed by atoms with E-state index >= 15 is 0 Å². The van der Waals surface area contributed by atoms with E-state index in [4.69, 9.17) is 15.9 Å². The molecule has 8 nitrogen and oxygen atoms in total. The Labute approximate surface area is 183 Å². The second kappa shape index (κ2) is 10.4. The molecule has 1 fully saturated rings. The number of nitrogens with zero attached hydrogens (tertiary/aromatic N) is 1. The zero-order valence-corrected chi connectivity index (χ0v) is 18.1. The molecule has 0 bridgehead atoms. The van der Waals surface area contributed by atoms with Gasteiger partial charge in [-0.1, -0.05) is 30.3 Å². The van der Waals surface area contributed by atoms with Crippen LogP contribution in [0.25, 0.3) is 0 Å². The summed E-state index contributed by atoms with van der Waals surface area (Å²) in [7, 11) is -3.47. The molecule has 2 aromatic rings. The number of ether oxygens (including phenoxy) is 1. The van der Waals surface area contributed by atoms with Gasteiger partial charge in [-0.05, 0) is 43.0 Å². The molecule has 3 rings (SSSR count). The van der Waals surface area contributed by atoms with Crippen LogP contribution < -0.4 is 15.8 Å². The SMILES string of the molecule is N=C(N)c1cccc(OCCNC(=O)CC2CCN(S(=O)(=O)c3ccccc3)CC2)c1. The minimum atomic E-state index is -3.47. The van der Waals surface area contributed by atoms with Crippen LogP contribution in [-0.4, -0.2) is 50.7 Å². The predicted molar refractivity (Wildman–Crippen MR) is 119 cm³/mol. The van der Waals surface area contributed by atoms with Crippen LogP contribution in [0.3, 0.4) is 0 Å². The number of hydrogen-bond acceptors (Lipinski definition) is 5. The molecule has 1 amide bonds. The first-order valence-corrected chi connectivity index (χ1v) is 11.7. The van der Waals surface area contributed by atoms with Crippen molar-refractivity contribution in [2.24, 2.45) is 11.7 Å². The highest BCUT2D eigenvalue weighted by atomic mass is 32.2. The van der Waals surface area contributed by atoms with E-state index in [0.717, 1.165) is 0 Å². The van der Waals surface area contributed by atoms with E-state index in [2.05, 4.69) is 5.32 Å². The summed E-state index contributed by atoms with van der Waals surface area (Å²) in [4.78, 5) is 12.5. The lowest BCUT2D eigenvalue weighted by atomic mass is 9.94. The van der Waals surface area contributed by atoms with Crippen molar-refractivity contribution in [2.75, 3.05) is 26.2 Å². The third kappa shape index (κ3) is 6.28. The number of nitrogens with one attached hydrogen (secondary N) is 2. The van der Waals surface area contributed by atoms with Crippen LogP contribution in [-0.2, 0) is 14.8 Å². The van der Waals surface area contributed by atoms with Crippen molar-refractivity contribution in [3.05, 3.63) is 60.2 Å².